The second-order valence-corrected chi connectivity index (χ2v) is 12.4. The van der Waals surface area contributed by atoms with Crippen LogP contribution in [0, 0.1) is 0 Å². The van der Waals surface area contributed by atoms with Crippen molar-refractivity contribution in [2.75, 3.05) is 0 Å². The smallest absolute Gasteiger partial charge is 0.138 e. The fraction of sp³-hybridized carbons (Fsp3) is 0. The third-order valence-corrected chi connectivity index (χ3v) is 9.71. The van der Waals surface area contributed by atoms with Crippen LogP contribution < -0.4 is 0 Å². The molecule has 3 aromatic heterocycles. The number of hydrogen-bond donors (Lipinski definition) is 0. The number of aromatic nitrogens is 3. The van der Waals surface area contributed by atoms with Crippen LogP contribution >= 0.6 is 0 Å². The van der Waals surface area contributed by atoms with Crippen molar-refractivity contribution >= 4 is 54.5 Å². The highest BCUT2D eigenvalue weighted by atomic mass is 15.1. The number of rotatable bonds is 4. The van der Waals surface area contributed by atoms with Gasteiger partial charge in [0.15, 0.2) is 0 Å². The van der Waals surface area contributed by atoms with E-state index < -0.39 is 0 Å². The molecule has 10 aromatic rings. The second-order valence-electron chi connectivity index (χ2n) is 12.4. The largest absolute Gasteiger partial charge is 0.309 e. The van der Waals surface area contributed by atoms with Crippen LogP contribution in [0.2, 0.25) is 0 Å². The molecule has 0 fully saturated rings. The van der Waals surface area contributed by atoms with Crippen molar-refractivity contribution in [2.45, 2.75) is 0 Å². The quantitative estimate of drug-likeness (QED) is 0.194. The first kappa shape index (κ1) is 26.7. The van der Waals surface area contributed by atoms with Crippen molar-refractivity contribution in [2.24, 2.45) is 0 Å². The first-order chi connectivity index (χ1) is 23.8. The lowest BCUT2D eigenvalue weighted by atomic mass is 10.00. The van der Waals surface area contributed by atoms with Crippen LogP contribution in [0.25, 0.3) is 88.3 Å². The van der Waals surface area contributed by atoms with Gasteiger partial charge in [0.2, 0.25) is 0 Å². The summed E-state index contributed by atoms with van der Waals surface area (Å²) in [6.45, 7) is 0. The van der Waals surface area contributed by atoms with Crippen LogP contribution in [0.15, 0.2) is 176 Å². The van der Waals surface area contributed by atoms with Crippen molar-refractivity contribution in [1.82, 2.24) is 14.1 Å². The average molecular weight is 612 g/mol. The number of fused-ring (bicyclic) bond motifs is 7. The lowest BCUT2D eigenvalue weighted by molar-refractivity contribution is 1.10. The van der Waals surface area contributed by atoms with Crippen LogP contribution in [0.4, 0.5) is 0 Å². The summed E-state index contributed by atoms with van der Waals surface area (Å²) in [4.78, 5) is 5.13. The Morgan fingerprint density at radius 1 is 0.333 bits per heavy atom. The van der Waals surface area contributed by atoms with Crippen molar-refractivity contribution in [3.05, 3.63) is 176 Å². The molecule has 7 aromatic carbocycles. The molecule has 0 N–H and O–H groups in total. The minimum atomic E-state index is 0.925. The molecular weight excluding hydrogens is 583 g/mol. The molecule has 0 saturated carbocycles. The van der Waals surface area contributed by atoms with Gasteiger partial charge in [-0.2, -0.15) is 0 Å². The molecule has 3 heteroatoms. The van der Waals surface area contributed by atoms with E-state index in [1.807, 2.05) is 0 Å². The summed E-state index contributed by atoms with van der Waals surface area (Å²) in [5, 5.41) is 6.02. The Balaban J connectivity index is 1.19. The van der Waals surface area contributed by atoms with Crippen LogP contribution in [0.3, 0.4) is 0 Å². The average Bonchev–Trinajstić information content (AvgIpc) is 3.66. The van der Waals surface area contributed by atoms with Crippen molar-refractivity contribution in [3.8, 4) is 33.8 Å². The summed E-state index contributed by atoms with van der Waals surface area (Å²) in [5.74, 6) is 0.925. The third-order valence-electron chi connectivity index (χ3n) is 9.71. The van der Waals surface area contributed by atoms with E-state index in [-0.39, 0.29) is 0 Å². The van der Waals surface area contributed by atoms with Gasteiger partial charge in [-0.25, -0.2) is 4.98 Å². The van der Waals surface area contributed by atoms with E-state index in [2.05, 4.69) is 185 Å². The predicted octanol–water partition coefficient (Wildman–Crippen LogP) is 11.8. The van der Waals surface area contributed by atoms with Gasteiger partial charge in [-0.1, -0.05) is 121 Å². The molecule has 0 spiro atoms. The number of para-hydroxylation sites is 3. The fourth-order valence-corrected chi connectivity index (χ4v) is 7.45. The predicted molar refractivity (Wildman–Crippen MR) is 201 cm³/mol. The van der Waals surface area contributed by atoms with Gasteiger partial charge in [-0.05, 0) is 76.9 Å². The summed E-state index contributed by atoms with van der Waals surface area (Å²) in [5.41, 5.74) is 11.7. The molecule has 0 radical (unpaired) electrons. The van der Waals surface area contributed by atoms with Gasteiger partial charge < -0.3 is 4.57 Å². The molecule has 0 bridgehead atoms. The third kappa shape index (κ3) is 4.11. The molecule has 3 heterocycles. The van der Waals surface area contributed by atoms with Crippen LogP contribution in [0.1, 0.15) is 0 Å². The maximum absolute atomic E-state index is 5.13. The molecule has 0 unspecified atom stereocenters. The number of pyridine rings is 1. The Morgan fingerprint density at radius 3 is 1.65 bits per heavy atom. The lowest BCUT2D eigenvalue weighted by Gasteiger charge is -2.11. The zero-order valence-electron chi connectivity index (χ0n) is 26.1. The standard InChI is InChI=1S/C45H29N3/c1-2-11-30(12-3-1)31-21-23-32(24-22-31)34-14-10-15-35(27-34)47-41-19-8-5-16-36(41)38-29-44-39(28-43(38)47)37-17-6-9-20-42(37)48(44)45-26-25-33-13-4-7-18-40(33)46-45/h1-29H. The highest BCUT2D eigenvalue weighted by Crippen LogP contribution is 2.40. The van der Waals surface area contributed by atoms with Crippen LogP contribution in [0.5, 0.6) is 0 Å². The van der Waals surface area contributed by atoms with Gasteiger partial charge in [-0.15, -0.1) is 0 Å². The SMILES string of the molecule is c1ccc(-c2ccc(-c3cccc(-n4c5ccccc5c5cc6c(cc54)c4ccccc4n6-c4ccc5ccccc5n4)c3)cc2)cc1. The van der Waals surface area contributed by atoms with E-state index in [0.717, 1.165) is 33.4 Å². The van der Waals surface area contributed by atoms with Crippen LogP contribution in [-0.2, 0) is 0 Å². The van der Waals surface area contributed by atoms with Gasteiger partial charge in [0.1, 0.15) is 5.82 Å². The van der Waals surface area contributed by atoms with Gasteiger partial charge in [-0.3, -0.25) is 4.57 Å². The van der Waals surface area contributed by atoms with Crippen molar-refractivity contribution in [3.63, 3.8) is 0 Å². The van der Waals surface area contributed by atoms with E-state index in [4.69, 9.17) is 4.98 Å². The monoisotopic (exact) mass is 611 g/mol. The molecular formula is C45H29N3. The summed E-state index contributed by atoms with van der Waals surface area (Å²) in [6, 6.07) is 63.2. The highest BCUT2D eigenvalue weighted by Gasteiger charge is 2.19. The minimum Gasteiger partial charge on any atom is -0.309 e. The minimum absolute atomic E-state index is 0.925. The highest BCUT2D eigenvalue weighted by molar-refractivity contribution is 6.19. The van der Waals surface area contributed by atoms with E-state index in [0.29, 0.717) is 0 Å². The molecule has 3 nitrogen and oxygen atoms in total. The Bertz CT molecular complexity index is 2820. The maximum Gasteiger partial charge on any atom is 0.138 e. The molecule has 48 heavy (non-hydrogen) atoms. The molecule has 0 aliphatic heterocycles. The number of hydrogen-bond acceptors (Lipinski definition) is 1. The summed E-state index contributed by atoms with van der Waals surface area (Å²) < 4.78 is 4.74. The molecule has 0 amide bonds. The Kier molecular flexibility index (Phi) is 5.87. The number of nitrogens with zero attached hydrogens (tertiary/aromatic N) is 3. The topological polar surface area (TPSA) is 22.8 Å². The normalized spacial score (nSPS) is 11.8. The van der Waals surface area contributed by atoms with Gasteiger partial charge in [0.05, 0.1) is 27.6 Å². The van der Waals surface area contributed by atoms with E-state index in [9.17, 15) is 0 Å². The number of benzene rings is 7. The van der Waals surface area contributed by atoms with Gasteiger partial charge in [0, 0.05) is 32.6 Å². The molecule has 0 aliphatic rings. The second kappa shape index (κ2) is 10.5. The van der Waals surface area contributed by atoms with Crippen molar-refractivity contribution in [1.29, 1.82) is 0 Å². The molecule has 0 saturated heterocycles. The lowest BCUT2D eigenvalue weighted by Crippen LogP contribution is -1.97. The Labute approximate surface area is 277 Å². The summed E-state index contributed by atoms with van der Waals surface area (Å²) in [6.07, 6.45) is 0. The fourth-order valence-electron chi connectivity index (χ4n) is 7.45. The Morgan fingerprint density at radius 2 is 0.896 bits per heavy atom. The zero-order valence-corrected chi connectivity index (χ0v) is 26.1. The molecule has 224 valence electrons. The maximum atomic E-state index is 5.13. The summed E-state index contributed by atoms with van der Waals surface area (Å²) in [7, 11) is 0. The molecule has 0 aliphatic carbocycles. The first-order valence-electron chi connectivity index (χ1n) is 16.4. The van der Waals surface area contributed by atoms with E-state index in [1.54, 1.807) is 0 Å². The summed E-state index contributed by atoms with van der Waals surface area (Å²) >= 11 is 0. The van der Waals surface area contributed by atoms with Crippen molar-refractivity contribution < 1.29 is 0 Å². The van der Waals surface area contributed by atoms with E-state index in [1.165, 1.54) is 54.8 Å². The van der Waals surface area contributed by atoms with E-state index >= 15 is 0 Å². The van der Waals surface area contributed by atoms with Gasteiger partial charge in [0.25, 0.3) is 0 Å². The first-order valence-corrected chi connectivity index (χ1v) is 16.4. The van der Waals surface area contributed by atoms with Crippen LogP contribution in [-0.4, -0.2) is 14.1 Å². The molecule has 10 rings (SSSR count). The zero-order chi connectivity index (χ0) is 31.6. The Hall–Kier alpha value is -6.45. The molecule has 0 atom stereocenters. The van der Waals surface area contributed by atoms with Gasteiger partial charge >= 0.3 is 0 Å².